The van der Waals surface area contributed by atoms with E-state index in [9.17, 15) is 14.7 Å². The van der Waals surface area contributed by atoms with Gasteiger partial charge in [0.05, 0.1) is 5.41 Å². The van der Waals surface area contributed by atoms with Crippen LogP contribution < -0.4 is 0 Å². The Morgan fingerprint density at radius 2 is 1.91 bits per heavy atom. The molecule has 1 N–H and O–H groups in total. The van der Waals surface area contributed by atoms with Crippen LogP contribution in [0.15, 0.2) is 18.2 Å². The molecule has 1 aromatic rings. The van der Waals surface area contributed by atoms with Gasteiger partial charge in [0.2, 0.25) is 5.91 Å². The average Bonchev–Trinajstić information content (AvgIpc) is 3.13. The second-order valence-corrected chi connectivity index (χ2v) is 7.40. The largest absolute Gasteiger partial charge is 0.481 e. The Balaban J connectivity index is 1.68. The lowest BCUT2D eigenvalue weighted by Crippen LogP contribution is -2.35. The molecule has 0 radical (unpaired) electrons. The van der Waals surface area contributed by atoms with E-state index in [0.717, 1.165) is 12.0 Å². The Hall–Kier alpha value is -1.26. The van der Waals surface area contributed by atoms with Gasteiger partial charge in [0.25, 0.3) is 0 Å². The van der Waals surface area contributed by atoms with E-state index in [1.165, 1.54) is 0 Å². The number of amides is 1. The molecule has 1 heterocycles. The van der Waals surface area contributed by atoms with Crippen LogP contribution in [0, 0.1) is 11.3 Å². The third kappa shape index (κ3) is 2.82. The summed E-state index contributed by atoms with van der Waals surface area (Å²) in [5.74, 6) is -0.728. The first-order valence-corrected chi connectivity index (χ1v) is 8.04. The van der Waals surface area contributed by atoms with Gasteiger partial charge in [-0.3, -0.25) is 9.59 Å². The molecule has 3 rings (SSSR count). The Morgan fingerprint density at radius 3 is 2.45 bits per heavy atom. The molecule has 22 heavy (non-hydrogen) atoms. The van der Waals surface area contributed by atoms with Crippen molar-refractivity contribution in [3.05, 3.63) is 33.8 Å². The van der Waals surface area contributed by atoms with E-state index >= 15 is 0 Å². The van der Waals surface area contributed by atoms with E-state index in [1.807, 2.05) is 12.1 Å². The molecule has 1 saturated carbocycles. The topological polar surface area (TPSA) is 57.6 Å². The maximum Gasteiger partial charge on any atom is 0.311 e. The molecule has 0 spiro atoms. The summed E-state index contributed by atoms with van der Waals surface area (Å²) in [4.78, 5) is 25.5. The minimum atomic E-state index is -0.836. The van der Waals surface area contributed by atoms with Crippen LogP contribution in [0.1, 0.15) is 31.2 Å². The van der Waals surface area contributed by atoms with Gasteiger partial charge in [-0.25, -0.2) is 0 Å². The number of hydrogen-bond acceptors (Lipinski definition) is 2. The molecule has 4 nitrogen and oxygen atoms in total. The summed E-state index contributed by atoms with van der Waals surface area (Å²) >= 11 is 12.0. The standard InChI is InChI=1S/C16H17Cl2NO3/c1-16(15(21)22)2-3-19(8-16)14(20)13-7-12(13)9-4-10(17)6-11(18)5-9/h4-6,12-13H,2-3,7-8H2,1H3,(H,21,22). The number of carbonyl (C=O) groups is 2. The lowest BCUT2D eigenvalue weighted by atomic mass is 9.90. The predicted molar refractivity (Wildman–Crippen MR) is 84.2 cm³/mol. The van der Waals surface area contributed by atoms with Crippen LogP contribution >= 0.6 is 23.2 Å². The Morgan fingerprint density at radius 1 is 1.27 bits per heavy atom. The summed E-state index contributed by atoms with van der Waals surface area (Å²) in [6.45, 7) is 2.51. The SMILES string of the molecule is CC1(C(=O)O)CCN(C(=O)C2CC2c2cc(Cl)cc(Cl)c2)C1. The van der Waals surface area contributed by atoms with E-state index in [0.29, 0.717) is 29.6 Å². The first-order chi connectivity index (χ1) is 10.3. The van der Waals surface area contributed by atoms with Crippen molar-refractivity contribution in [1.29, 1.82) is 0 Å². The summed E-state index contributed by atoms with van der Waals surface area (Å²) in [6, 6.07) is 5.36. The quantitative estimate of drug-likeness (QED) is 0.916. The van der Waals surface area contributed by atoms with Crippen LogP contribution in [-0.2, 0) is 9.59 Å². The molecule has 1 aromatic carbocycles. The van der Waals surface area contributed by atoms with Crippen LogP contribution in [0.5, 0.6) is 0 Å². The number of halogens is 2. The number of benzene rings is 1. The smallest absolute Gasteiger partial charge is 0.311 e. The normalized spacial score (nSPS) is 30.4. The average molecular weight is 342 g/mol. The zero-order valence-electron chi connectivity index (χ0n) is 12.2. The maximum atomic E-state index is 12.5. The molecule has 3 atom stereocenters. The number of carboxylic acids is 1. The summed E-state index contributed by atoms with van der Waals surface area (Å²) < 4.78 is 0. The highest BCUT2D eigenvalue weighted by atomic mass is 35.5. The van der Waals surface area contributed by atoms with Gasteiger partial charge in [0, 0.05) is 29.1 Å². The van der Waals surface area contributed by atoms with E-state index in [2.05, 4.69) is 0 Å². The molecule has 2 aliphatic rings. The fourth-order valence-electron chi connectivity index (χ4n) is 3.18. The van der Waals surface area contributed by atoms with Gasteiger partial charge in [0.15, 0.2) is 0 Å². The van der Waals surface area contributed by atoms with Crippen LogP contribution in [0.25, 0.3) is 0 Å². The van der Waals surface area contributed by atoms with E-state index in [1.54, 1.807) is 17.9 Å². The lowest BCUT2D eigenvalue weighted by molar-refractivity contribution is -0.147. The van der Waals surface area contributed by atoms with Gasteiger partial charge in [-0.15, -0.1) is 0 Å². The molecule has 118 valence electrons. The number of nitrogens with zero attached hydrogens (tertiary/aromatic N) is 1. The van der Waals surface area contributed by atoms with Crippen molar-refractivity contribution in [2.24, 2.45) is 11.3 Å². The molecular weight excluding hydrogens is 325 g/mol. The third-order valence-electron chi connectivity index (χ3n) is 4.72. The van der Waals surface area contributed by atoms with Crippen molar-refractivity contribution in [3.63, 3.8) is 0 Å². The number of rotatable bonds is 3. The van der Waals surface area contributed by atoms with E-state index < -0.39 is 11.4 Å². The fourth-order valence-corrected chi connectivity index (χ4v) is 3.73. The number of aliphatic carboxylic acids is 1. The van der Waals surface area contributed by atoms with Crippen LogP contribution in [0.2, 0.25) is 10.0 Å². The van der Waals surface area contributed by atoms with Gasteiger partial charge in [-0.2, -0.15) is 0 Å². The molecule has 1 saturated heterocycles. The lowest BCUT2D eigenvalue weighted by Gasteiger charge is -2.20. The van der Waals surface area contributed by atoms with Crippen molar-refractivity contribution in [3.8, 4) is 0 Å². The molecule has 1 amide bonds. The maximum absolute atomic E-state index is 12.5. The predicted octanol–water partition coefficient (Wildman–Crippen LogP) is 3.42. The summed E-state index contributed by atoms with van der Waals surface area (Å²) in [6.07, 6.45) is 1.28. The summed E-state index contributed by atoms with van der Waals surface area (Å²) in [5.41, 5.74) is 0.162. The van der Waals surface area contributed by atoms with Crippen molar-refractivity contribution in [2.75, 3.05) is 13.1 Å². The molecule has 3 unspecified atom stereocenters. The van der Waals surface area contributed by atoms with E-state index in [-0.39, 0.29) is 17.7 Å². The third-order valence-corrected chi connectivity index (χ3v) is 5.16. The molecule has 2 fully saturated rings. The number of carbonyl (C=O) groups excluding carboxylic acids is 1. The van der Waals surface area contributed by atoms with Gasteiger partial charge in [-0.05, 0) is 49.4 Å². The van der Waals surface area contributed by atoms with Crippen LogP contribution in [0.3, 0.4) is 0 Å². The second-order valence-electron chi connectivity index (χ2n) is 6.53. The molecule has 0 aromatic heterocycles. The zero-order chi connectivity index (χ0) is 16.1. The molecule has 6 heteroatoms. The van der Waals surface area contributed by atoms with Crippen molar-refractivity contribution >= 4 is 35.1 Å². The summed E-state index contributed by atoms with van der Waals surface area (Å²) in [7, 11) is 0. The van der Waals surface area contributed by atoms with Gasteiger partial charge in [0.1, 0.15) is 0 Å². The Labute approximate surface area is 139 Å². The van der Waals surface area contributed by atoms with E-state index in [4.69, 9.17) is 23.2 Å². The first kappa shape index (κ1) is 15.6. The fraction of sp³-hybridized carbons (Fsp3) is 0.500. The monoisotopic (exact) mass is 341 g/mol. The van der Waals surface area contributed by atoms with Gasteiger partial charge in [-0.1, -0.05) is 23.2 Å². The Kier molecular flexibility index (Phi) is 3.86. The summed E-state index contributed by atoms with van der Waals surface area (Å²) in [5, 5.41) is 10.4. The van der Waals surface area contributed by atoms with Crippen LogP contribution in [-0.4, -0.2) is 35.0 Å². The minimum Gasteiger partial charge on any atom is -0.481 e. The molecule has 1 aliphatic carbocycles. The highest BCUT2D eigenvalue weighted by Crippen LogP contribution is 2.50. The van der Waals surface area contributed by atoms with Crippen LogP contribution in [0.4, 0.5) is 0 Å². The van der Waals surface area contributed by atoms with Crippen molar-refractivity contribution < 1.29 is 14.7 Å². The molecule has 1 aliphatic heterocycles. The number of hydrogen-bond donors (Lipinski definition) is 1. The zero-order valence-corrected chi connectivity index (χ0v) is 13.7. The number of likely N-dealkylation sites (tertiary alicyclic amines) is 1. The van der Waals surface area contributed by atoms with Crippen molar-refractivity contribution in [1.82, 2.24) is 4.90 Å². The van der Waals surface area contributed by atoms with Gasteiger partial charge >= 0.3 is 5.97 Å². The Bertz CT molecular complexity index is 628. The molecule has 0 bridgehead atoms. The highest BCUT2D eigenvalue weighted by Gasteiger charge is 2.50. The number of carboxylic acid groups (broad SMARTS) is 1. The molecular formula is C16H17Cl2NO3. The van der Waals surface area contributed by atoms with Crippen molar-refractivity contribution in [2.45, 2.75) is 25.7 Å². The second kappa shape index (κ2) is 5.43. The minimum absolute atomic E-state index is 0.0473. The van der Waals surface area contributed by atoms with Gasteiger partial charge < -0.3 is 10.0 Å². The highest BCUT2D eigenvalue weighted by molar-refractivity contribution is 6.34. The first-order valence-electron chi connectivity index (χ1n) is 7.28.